The van der Waals surface area contributed by atoms with Crippen molar-refractivity contribution in [3.05, 3.63) is 0 Å². The maximum atomic E-state index is 9.45. The Morgan fingerprint density at radius 2 is 2.17 bits per heavy atom. The van der Waals surface area contributed by atoms with E-state index in [1.165, 1.54) is 0 Å². The minimum absolute atomic E-state index is 0.0261. The van der Waals surface area contributed by atoms with E-state index >= 15 is 0 Å². The molecule has 1 saturated heterocycles. The van der Waals surface area contributed by atoms with Gasteiger partial charge in [0.25, 0.3) is 0 Å². The zero-order chi connectivity index (χ0) is 8.97. The van der Waals surface area contributed by atoms with Crippen LogP contribution in [0.4, 0.5) is 0 Å². The van der Waals surface area contributed by atoms with E-state index in [0.29, 0.717) is 13.2 Å². The largest absolute Gasteiger partial charge is 0.389 e. The minimum atomic E-state index is -0.341. The summed E-state index contributed by atoms with van der Waals surface area (Å²) in [6, 6.07) is 0. The van der Waals surface area contributed by atoms with Crippen molar-refractivity contribution in [1.82, 2.24) is 4.90 Å². The van der Waals surface area contributed by atoms with Gasteiger partial charge >= 0.3 is 0 Å². The summed E-state index contributed by atoms with van der Waals surface area (Å²) < 4.78 is 10.0. The molecule has 2 atom stereocenters. The highest BCUT2D eigenvalue weighted by molar-refractivity contribution is 4.83. The fraction of sp³-hybridized carbons (Fsp3) is 1.00. The summed E-state index contributed by atoms with van der Waals surface area (Å²) in [5, 5.41) is 9.45. The summed E-state index contributed by atoms with van der Waals surface area (Å²) in [4.78, 5) is 2.14. The Bertz CT molecular complexity index is 131. The van der Waals surface area contributed by atoms with Crippen LogP contribution in [-0.2, 0) is 9.47 Å². The highest BCUT2D eigenvalue weighted by Gasteiger charge is 2.30. The maximum Gasteiger partial charge on any atom is 0.0969 e. The first-order valence-electron chi connectivity index (χ1n) is 4.20. The van der Waals surface area contributed by atoms with E-state index in [0.717, 1.165) is 13.1 Å². The summed E-state index contributed by atoms with van der Waals surface area (Å²) in [7, 11) is 3.31. The zero-order valence-electron chi connectivity index (χ0n) is 7.69. The fourth-order valence-electron chi connectivity index (χ4n) is 1.47. The molecule has 4 heteroatoms. The van der Waals surface area contributed by atoms with Gasteiger partial charge in [0, 0.05) is 33.9 Å². The third-order valence-corrected chi connectivity index (χ3v) is 2.23. The molecule has 1 heterocycles. The Morgan fingerprint density at radius 3 is 2.67 bits per heavy atom. The van der Waals surface area contributed by atoms with E-state index in [-0.39, 0.29) is 12.2 Å². The van der Waals surface area contributed by atoms with Crippen LogP contribution in [0.15, 0.2) is 0 Å². The average Bonchev–Trinajstić information content (AvgIpc) is 2.43. The van der Waals surface area contributed by atoms with Gasteiger partial charge in [0.05, 0.1) is 18.8 Å². The normalized spacial score (nSPS) is 31.2. The van der Waals surface area contributed by atoms with Crippen LogP contribution in [0.2, 0.25) is 0 Å². The molecule has 12 heavy (non-hydrogen) atoms. The second-order valence-electron chi connectivity index (χ2n) is 3.09. The van der Waals surface area contributed by atoms with Crippen LogP contribution in [0.25, 0.3) is 0 Å². The Kier molecular flexibility index (Phi) is 3.94. The summed E-state index contributed by atoms with van der Waals surface area (Å²) in [6.45, 7) is 3.08. The van der Waals surface area contributed by atoms with Gasteiger partial charge < -0.3 is 14.6 Å². The van der Waals surface area contributed by atoms with E-state index in [2.05, 4.69) is 4.90 Å². The molecular formula is C8H17NO3. The number of methoxy groups -OCH3 is 2. The van der Waals surface area contributed by atoms with Gasteiger partial charge in [0.1, 0.15) is 0 Å². The van der Waals surface area contributed by atoms with Gasteiger partial charge in [-0.15, -0.1) is 0 Å². The topological polar surface area (TPSA) is 41.9 Å². The average molecular weight is 175 g/mol. The Labute approximate surface area is 73.1 Å². The van der Waals surface area contributed by atoms with Gasteiger partial charge in [-0.25, -0.2) is 0 Å². The van der Waals surface area contributed by atoms with Gasteiger partial charge in [0.2, 0.25) is 0 Å². The second-order valence-corrected chi connectivity index (χ2v) is 3.09. The van der Waals surface area contributed by atoms with Crippen molar-refractivity contribution in [2.24, 2.45) is 0 Å². The van der Waals surface area contributed by atoms with Crippen LogP contribution in [0.3, 0.4) is 0 Å². The highest BCUT2D eigenvalue weighted by Crippen LogP contribution is 2.11. The third kappa shape index (κ3) is 2.42. The number of likely N-dealkylation sites (tertiary alicyclic amines) is 1. The van der Waals surface area contributed by atoms with E-state index in [1.54, 1.807) is 14.2 Å². The fourth-order valence-corrected chi connectivity index (χ4v) is 1.47. The Balaban J connectivity index is 2.23. The maximum absolute atomic E-state index is 9.45. The van der Waals surface area contributed by atoms with Crippen molar-refractivity contribution in [3.8, 4) is 0 Å². The quantitative estimate of drug-likeness (QED) is 0.615. The molecule has 4 nitrogen and oxygen atoms in total. The number of hydrogen-bond acceptors (Lipinski definition) is 4. The lowest BCUT2D eigenvalue weighted by Gasteiger charge is -2.13. The van der Waals surface area contributed by atoms with Crippen LogP contribution < -0.4 is 0 Å². The molecule has 1 N–H and O–H groups in total. The number of aliphatic hydroxyl groups is 1. The first-order chi connectivity index (χ1) is 5.77. The van der Waals surface area contributed by atoms with Crippen molar-refractivity contribution in [1.29, 1.82) is 0 Å². The molecule has 0 spiro atoms. The molecule has 0 bridgehead atoms. The van der Waals surface area contributed by atoms with E-state index < -0.39 is 0 Å². The van der Waals surface area contributed by atoms with Crippen LogP contribution >= 0.6 is 0 Å². The van der Waals surface area contributed by atoms with Gasteiger partial charge in [-0.05, 0) is 0 Å². The van der Waals surface area contributed by atoms with E-state index in [1.807, 2.05) is 0 Å². The van der Waals surface area contributed by atoms with Crippen molar-refractivity contribution < 1.29 is 14.6 Å². The molecule has 1 aliphatic heterocycles. The molecule has 0 radical (unpaired) electrons. The van der Waals surface area contributed by atoms with Crippen LogP contribution in [0.5, 0.6) is 0 Å². The molecular weight excluding hydrogens is 158 g/mol. The van der Waals surface area contributed by atoms with Crippen molar-refractivity contribution in [2.45, 2.75) is 12.2 Å². The first-order valence-corrected chi connectivity index (χ1v) is 4.20. The smallest absolute Gasteiger partial charge is 0.0969 e. The number of β-amino-alcohol motifs (C(OH)–C–C–N with tert-alkyl or cyclic N) is 1. The molecule has 0 aromatic heterocycles. The Hall–Kier alpha value is -0.160. The monoisotopic (exact) mass is 175 g/mol. The standard InChI is InChI=1S/C8H17NO3/c1-11-4-3-9-5-7(10)8(6-9)12-2/h7-8,10H,3-6H2,1-2H3/t7-,8-/m1/s1. The zero-order valence-corrected chi connectivity index (χ0v) is 7.69. The number of ether oxygens (including phenoxy) is 2. The molecule has 72 valence electrons. The molecule has 0 aromatic rings. The summed E-state index contributed by atoms with van der Waals surface area (Å²) in [5.41, 5.74) is 0. The minimum Gasteiger partial charge on any atom is -0.389 e. The first kappa shape index (κ1) is 9.92. The van der Waals surface area contributed by atoms with Crippen LogP contribution in [-0.4, -0.2) is 62.7 Å². The third-order valence-electron chi connectivity index (χ3n) is 2.23. The lowest BCUT2D eigenvalue weighted by atomic mass is 10.3. The van der Waals surface area contributed by atoms with Crippen molar-refractivity contribution in [2.75, 3.05) is 40.5 Å². The van der Waals surface area contributed by atoms with Crippen molar-refractivity contribution in [3.63, 3.8) is 0 Å². The van der Waals surface area contributed by atoms with Gasteiger partial charge in [-0.2, -0.15) is 0 Å². The van der Waals surface area contributed by atoms with Crippen molar-refractivity contribution >= 4 is 0 Å². The number of hydrogen-bond donors (Lipinski definition) is 1. The molecule has 0 aliphatic carbocycles. The molecule has 0 unspecified atom stereocenters. The number of rotatable bonds is 4. The second kappa shape index (κ2) is 4.77. The molecule has 1 rings (SSSR count). The molecule has 0 aromatic carbocycles. The predicted octanol–water partition coefficient (Wildman–Crippen LogP) is -0.676. The van der Waals surface area contributed by atoms with E-state index in [4.69, 9.17) is 9.47 Å². The molecule has 1 fully saturated rings. The molecule has 0 saturated carbocycles. The Morgan fingerprint density at radius 1 is 1.42 bits per heavy atom. The predicted molar refractivity (Wildman–Crippen MR) is 45.1 cm³/mol. The lowest BCUT2D eigenvalue weighted by molar-refractivity contribution is 0.0214. The summed E-state index contributed by atoms with van der Waals surface area (Å²) >= 11 is 0. The number of nitrogens with zero attached hydrogens (tertiary/aromatic N) is 1. The summed E-state index contributed by atoms with van der Waals surface area (Å²) in [5.74, 6) is 0. The molecule has 1 aliphatic rings. The van der Waals surface area contributed by atoms with Gasteiger partial charge in [-0.1, -0.05) is 0 Å². The molecule has 0 amide bonds. The van der Waals surface area contributed by atoms with Crippen LogP contribution in [0, 0.1) is 0 Å². The summed E-state index contributed by atoms with van der Waals surface area (Å²) in [6.07, 6.45) is -0.367. The van der Waals surface area contributed by atoms with E-state index in [9.17, 15) is 5.11 Å². The SMILES string of the molecule is COCCN1C[C@@H](O)[C@H](OC)C1. The van der Waals surface area contributed by atoms with Gasteiger partial charge in [0.15, 0.2) is 0 Å². The number of aliphatic hydroxyl groups excluding tert-OH is 1. The lowest BCUT2D eigenvalue weighted by Crippen LogP contribution is -2.26. The van der Waals surface area contributed by atoms with Crippen LogP contribution in [0.1, 0.15) is 0 Å². The van der Waals surface area contributed by atoms with Gasteiger partial charge in [-0.3, -0.25) is 4.90 Å². The highest BCUT2D eigenvalue weighted by atomic mass is 16.5.